The van der Waals surface area contributed by atoms with Crippen LogP contribution in [0.25, 0.3) is 11.1 Å². The Bertz CT molecular complexity index is 589. The van der Waals surface area contributed by atoms with Crippen molar-refractivity contribution < 1.29 is 13.9 Å². The van der Waals surface area contributed by atoms with Gasteiger partial charge in [-0.1, -0.05) is 6.07 Å². The Balaban J connectivity index is 2.41. The van der Waals surface area contributed by atoms with E-state index in [0.29, 0.717) is 18.1 Å². The maximum Gasteiger partial charge on any atom is 0.327 e. The number of carbonyl (C=O) groups excluding carboxylic acids is 1. The smallest absolute Gasteiger partial charge is 0.327 e. The maximum absolute atomic E-state index is 12.0. The van der Waals surface area contributed by atoms with Gasteiger partial charge in [0.15, 0.2) is 11.5 Å². The third-order valence-corrected chi connectivity index (χ3v) is 2.86. The fourth-order valence-electron chi connectivity index (χ4n) is 2.09. The van der Waals surface area contributed by atoms with Gasteiger partial charge in [0.2, 0.25) is 0 Å². The first-order valence-electron chi connectivity index (χ1n) is 6.23. The summed E-state index contributed by atoms with van der Waals surface area (Å²) in [6, 6.07) is 5.15. The van der Waals surface area contributed by atoms with E-state index in [0.717, 1.165) is 11.1 Å². The second-order valence-electron chi connectivity index (χ2n) is 4.58. The highest BCUT2D eigenvalue weighted by molar-refractivity contribution is 5.80. The lowest BCUT2D eigenvalue weighted by Gasteiger charge is -2.22. The molecule has 0 spiro atoms. The zero-order chi connectivity index (χ0) is 14.0. The van der Waals surface area contributed by atoms with Crippen molar-refractivity contribution >= 4 is 17.1 Å². The van der Waals surface area contributed by atoms with Crippen LogP contribution in [0.5, 0.6) is 0 Å². The molecule has 1 aromatic carbocycles. The number of likely N-dealkylation sites (N-methyl/N-ethyl adjacent to an activating group) is 1. The summed E-state index contributed by atoms with van der Waals surface area (Å²) < 4.78 is 10.6. The number of carbonyl (C=O) groups is 1. The molecule has 0 bridgehead atoms. The molecule has 5 heteroatoms. The third kappa shape index (κ3) is 2.76. The Hall–Kier alpha value is -1.88. The van der Waals surface area contributed by atoms with E-state index in [1.54, 1.807) is 13.8 Å². The second-order valence-corrected chi connectivity index (χ2v) is 4.58. The first-order chi connectivity index (χ1) is 9.02. The van der Waals surface area contributed by atoms with Crippen molar-refractivity contribution in [2.24, 2.45) is 0 Å². The van der Waals surface area contributed by atoms with Crippen molar-refractivity contribution in [1.29, 1.82) is 0 Å². The summed E-state index contributed by atoms with van der Waals surface area (Å²) in [4.78, 5) is 18.1. The molecule has 0 aliphatic heterocycles. The Morgan fingerprint density at radius 3 is 2.84 bits per heavy atom. The van der Waals surface area contributed by atoms with E-state index in [1.165, 1.54) is 0 Å². The van der Waals surface area contributed by atoms with E-state index in [9.17, 15) is 4.79 Å². The van der Waals surface area contributed by atoms with E-state index in [-0.39, 0.29) is 5.97 Å². The Kier molecular flexibility index (Phi) is 3.85. The average molecular weight is 262 g/mol. The Labute approximate surface area is 112 Å². The van der Waals surface area contributed by atoms with Crippen LogP contribution < -0.4 is 0 Å². The first-order valence-corrected chi connectivity index (χ1v) is 6.23. The van der Waals surface area contributed by atoms with E-state index < -0.39 is 6.04 Å². The minimum Gasteiger partial charge on any atom is -0.465 e. The molecule has 0 N–H and O–H groups in total. The maximum atomic E-state index is 12.0. The molecule has 1 aromatic heterocycles. The molecule has 0 saturated heterocycles. The molecule has 1 unspecified atom stereocenters. The zero-order valence-corrected chi connectivity index (χ0v) is 11.6. The monoisotopic (exact) mass is 262 g/mol. The lowest BCUT2D eigenvalue weighted by Crippen LogP contribution is -2.29. The van der Waals surface area contributed by atoms with Gasteiger partial charge in [-0.25, -0.2) is 9.78 Å². The summed E-state index contributed by atoms with van der Waals surface area (Å²) in [6.07, 6.45) is 0. The van der Waals surface area contributed by atoms with E-state index >= 15 is 0 Å². The van der Waals surface area contributed by atoms with Crippen LogP contribution in [0.1, 0.15) is 24.4 Å². The second kappa shape index (κ2) is 5.40. The fraction of sp³-hybridized carbons (Fsp3) is 0.429. The summed E-state index contributed by atoms with van der Waals surface area (Å²) in [5.41, 5.74) is 2.32. The van der Waals surface area contributed by atoms with Gasteiger partial charge >= 0.3 is 5.97 Å². The number of nitrogens with zero attached hydrogens (tertiary/aromatic N) is 2. The number of hydrogen-bond donors (Lipinski definition) is 0. The largest absolute Gasteiger partial charge is 0.465 e. The number of fused-ring (bicyclic) bond motifs is 1. The van der Waals surface area contributed by atoms with Gasteiger partial charge in [-0.3, -0.25) is 4.90 Å². The SMILES string of the molecule is CCOC(=O)C(c1ccc2nc(C)oc2c1)N(C)C. The molecule has 0 amide bonds. The Morgan fingerprint density at radius 1 is 1.47 bits per heavy atom. The highest BCUT2D eigenvalue weighted by Gasteiger charge is 2.24. The van der Waals surface area contributed by atoms with E-state index in [1.807, 2.05) is 37.2 Å². The Morgan fingerprint density at radius 2 is 2.21 bits per heavy atom. The molecule has 102 valence electrons. The van der Waals surface area contributed by atoms with Gasteiger partial charge in [-0.2, -0.15) is 0 Å². The number of benzene rings is 1. The topological polar surface area (TPSA) is 55.6 Å². The molecule has 0 saturated carbocycles. The van der Waals surface area contributed by atoms with Crippen molar-refractivity contribution in [3.63, 3.8) is 0 Å². The number of esters is 1. The number of aryl methyl sites for hydroxylation is 1. The fourth-order valence-corrected chi connectivity index (χ4v) is 2.09. The van der Waals surface area contributed by atoms with Crippen LogP contribution in [-0.4, -0.2) is 36.6 Å². The van der Waals surface area contributed by atoms with Gasteiger partial charge < -0.3 is 9.15 Å². The molecule has 1 atom stereocenters. The highest BCUT2D eigenvalue weighted by Crippen LogP contribution is 2.24. The highest BCUT2D eigenvalue weighted by atomic mass is 16.5. The van der Waals surface area contributed by atoms with Crippen LogP contribution >= 0.6 is 0 Å². The van der Waals surface area contributed by atoms with Crippen LogP contribution in [0.2, 0.25) is 0 Å². The molecular formula is C14H18N2O3. The minimum absolute atomic E-state index is 0.261. The zero-order valence-electron chi connectivity index (χ0n) is 11.6. The molecule has 5 nitrogen and oxygen atoms in total. The number of rotatable bonds is 4. The summed E-state index contributed by atoms with van der Waals surface area (Å²) in [7, 11) is 3.69. The van der Waals surface area contributed by atoms with Crippen LogP contribution in [0.3, 0.4) is 0 Å². The molecule has 2 rings (SSSR count). The van der Waals surface area contributed by atoms with Gasteiger partial charge in [-0.15, -0.1) is 0 Å². The number of hydrogen-bond acceptors (Lipinski definition) is 5. The van der Waals surface area contributed by atoms with Gasteiger partial charge in [0.05, 0.1) is 6.61 Å². The van der Waals surface area contributed by atoms with Gasteiger partial charge in [0.25, 0.3) is 0 Å². The molecular weight excluding hydrogens is 244 g/mol. The van der Waals surface area contributed by atoms with Crippen LogP contribution in [0, 0.1) is 6.92 Å². The number of ether oxygens (including phenoxy) is 1. The summed E-state index contributed by atoms with van der Waals surface area (Å²) >= 11 is 0. The van der Waals surface area contributed by atoms with Crippen molar-refractivity contribution in [3.05, 3.63) is 29.7 Å². The van der Waals surface area contributed by atoms with Crippen LogP contribution in [-0.2, 0) is 9.53 Å². The third-order valence-electron chi connectivity index (χ3n) is 2.86. The molecule has 19 heavy (non-hydrogen) atoms. The molecule has 2 aromatic rings. The first kappa shape index (κ1) is 13.5. The van der Waals surface area contributed by atoms with Gasteiger partial charge in [-0.05, 0) is 38.7 Å². The number of oxazole rings is 1. The van der Waals surface area contributed by atoms with Crippen molar-refractivity contribution in [2.45, 2.75) is 19.9 Å². The van der Waals surface area contributed by atoms with E-state index in [2.05, 4.69) is 4.98 Å². The average Bonchev–Trinajstić information content (AvgIpc) is 2.68. The number of aromatic nitrogens is 1. The lowest BCUT2D eigenvalue weighted by atomic mass is 10.1. The molecule has 0 radical (unpaired) electrons. The lowest BCUT2D eigenvalue weighted by molar-refractivity contribution is -0.148. The summed E-state index contributed by atoms with van der Waals surface area (Å²) in [5.74, 6) is 0.354. The molecule has 0 aliphatic carbocycles. The van der Waals surface area contributed by atoms with E-state index in [4.69, 9.17) is 9.15 Å². The van der Waals surface area contributed by atoms with Crippen LogP contribution in [0.15, 0.2) is 22.6 Å². The molecule has 0 aliphatic rings. The minimum atomic E-state index is -0.435. The molecule has 0 fully saturated rings. The summed E-state index contributed by atoms with van der Waals surface area (Å²) in [6.45, 7) is 3.97. The van der Waals surface area contributed by atoms with Crippen LogP contribution in [0.4, 0.5) is 0 Å². The standard InChI is InChI=1S/C14H18N2O3/c1-5-18-14(17)13(16(3)4)10-6-7-11-12(8-10)19-9(2)15-11/h6-8,13H,5H2,1-4H3. The normalized spacial score (nSPS) is 12.9. The molecule has 1 heterocycles. The van der Waals surface area contributed by atoms with Crippen molar-refractivity contribution in [1.82, 2.24) is 9.88 Å². The predicted octanol–water partition coefficient (Wildman–Crippen LogP) is 2.30. The quantitative estimate of drug-likeness (QED) is 0.791. The van der Waals surface area contributed by atoms with Gasteiger partial charge in [0.1, 0.15) is 11.6 Å². The predicted molar refractivity (Wildman–Crippen MR) is 71.8 cm³/mol. The van der Waals surface area contributed by atoms with Crippen molar-refractivity contribution in [2.75, 3.05) is 20.7 Å². The van der Waals surface area contributed by atoms with Crippen molar-refractivity contribution in [3.8, 4) is 0 Å². The van der Waals surface area contributed by atoms with Gasteiger partial charge in [0, 0.05) is 6.92 Å². The summed E-state index contributed by atoms with van der Waals surface area (Å²) in [5, 5.41) is 0.